The van der Waals surface area contributed by atoms with E-state index in [9.17, 15) is 0 Å². The number of nitrogens with zero attached hydrogens (tertiary/aromatic N) is 1. The predicted octanol–water partition coefficient (Wildman–Crippen LogP) is 2.85. The van der Waals surface area contributed by atoms with E-state index in [1.165, 1.54) is 17.5 Å². The van der Waals surface area contributed by atoms with E-state index in [2.05, 4.69) is 24.1 Å². The quantitative estimate of drug-likeness (QED) is 0.840. The predicted molar refractivity (Wildman–Crippen MR) is 86.8 cm³/mol. The number of rotatable bonds is 2. The van der Waals surface area contributed by atoms with Gasteiger partial charge in [-0.15, -0.1) is 0 Å². The van der Waals surface area contributed by atoms with Crippen LogP contribution in [-0.2, 0) is 16.6 Å². The molecule has 5 rings (SSSR count). The molecule has 4 nitrogen and oxygen atoms in total. The van der Waals surface area contributed by atoms with E-state index in [1.807, 2.05) is 0 Å². The van der Waals surface area contributed by atoms with Crippen molar-refractivity contribution in [3.63, 3.8) is 0 Å². The summed E-state index contributed by atoms with van der Waals surface area (Å²) >= 11 is 0. The van der Waals surface area contributed by atoms with Crippen LogP contribution in [0.15, 0.2) is 23.7 Å². The van der Waals surface area contributed by atoms with Gasteiger partial charge in [0.2, 0.25) is 0 Å². The summed E-state index contributed by atoms with van der Waals surface area (Å²) in [5.74, 6) is 4.54. The fourth-order valence-corrected chi connectivity index (χ4v) is 5.63. The lowest BCUT2D eigenvalue weighted by Crippen LogP contribution is -2.59. The summed E-state index contributed by atoms with van der Waals surface area (Å²) in [5, 5.41) is 0. The fourth-order valence-electron chi connectivity index (χ4n) is 5.63. The third-order valence-electron chi connectivity index (χ3n) is 6.62. The van der Waals surface area contributed by atoms with Gasteiger partial charge in [0.15, 0.2) is 17.3 Å². The minimum atomic E-state index is 0.0121. The van der Waals surface area contributed by atoms with Crippen molar-refractivity contribution >= 4 is 0 Å². The smallest absolute Gasteiger partial charge is 0.173 e. The molecule has 0 saturated carbocycles. The summed E-state index contributed by atoms with van der Waals surface area (Å²) < 4.78 is 17.8. The van der Waals surface area contributed by atoms with Gasteiger partial charge in [0.05, 0.1) is 19.6 Å². The Bertz CT molecular complexity index is 726. The Morgan fingerprint density at radius 1 is 1.26 bits per heavy atom. The average molecular weight is 313 g/mol. The third kappa shape index (κ3) is 1.46. The maximum Gasteiger partial charge on any atom is 0.173 e. The lowest BCUT2D eigenvalue weighted by molar-refractivity contribution is 0.0200. The second-order valence-corrected chi connectivity index (χ2v) is 7.31. The van der Waals surface area contributed by atoms with Crippen molar-refractivity contribution in [1.82, 2.24) is 4.90 Å². The number of allylic oxidation sites excluding steroid dienone is 2. The van der Waals surface area contributed by atoms with Gasteiger partial charge in [0.1, 0.15) is 5.76 Å². The molecule has 1 fully saturated rings. The van der Waals surface area contributed by atoms with Crippen LogP contribution >= 0.6 is 0 Å². The molecule has 3 atom stereocenters. The maximum absolute atomic E-state index is 6.45. The molecular weight excluding hydrogens is 290 g/mol. The van der Waals surface area contributed by atoms with E-state index >= 15 is 0 Å². The normalized spacial score (nSPS) is 34.0. The van der Waals surface area contributed by atoms with Crippen LogP contribution in [0, 0.1) is 5.92 Å². The van der Waals surface area contributed by atoms with Gasteiger partial charge in [0.25, 0.3) is 0 Å². The summed E-state index contributed by atoms with van der Waals surface area (Å²) in [4.78, 5) is 2.55. The molecule has 2 aliphatic carbocycles. The SMILES string of the molecule is COC1=C2Oc3c(OC)ccc4c3[C@]23CCN(C)C(C4)C3CC1. The molecule has 2 heterocycles. The van der Waals surface area contributed by atoms with Crippen LogP contribution in [0.2, 0.25) is 0 Å². The van der Waals surface area contributed by atoms with Gasteiger partial charge in [-0.2, -0.15) is 0 Å². The Morgan fingerprint density at radius 2 is 2.13 bits per heavy atom. The van der Waals surface area contributed by atoms with E-state index < -0.39 is 0 Å². The lowest BCUT2D eigenvalue weighted by atomic mass is 9.54. The monoisotopic (exact) mass is 313 g/mol. The molecule has 0 amide bonds. The molecule has 2 unspecified atom stereocenters. The largest absolute Gasteiger partial charge is 0.498 e. The number of hydrogen-bond acceptors (Lipinski definition) is 4. The molecule has 2 aliphatic heterocycles. The zero-order valence-corrected chi connectivity index (χ0v) is 14.0. The van der Waals surface area contributed by atoms with Crippen LogP contribution < -0.4 is 9.47 Å². The summed E-state index contributed by atoms with van der Waals surface area (Å²) in [6.07, 6.45) is 4.39. The maximum atomic E-state index is 6.45. The summed E-state index contributed by atoms with van der Waals surface area (Å²) in [7, 11) is 5.78. The van der Waals surface area contributed by atoms with Gasteiger partial charge in [-0.25, -0.2) is 0 Å². The fraction of sp³-hybridized carbons (Fsp3) is 0.579. The van der Waals surface area contributed by atoms with E-state index in [1.54, 1.807) is 14.2 Å². The first-order valence-electron chi connectivity index (χ1n) is 8.56. The van der Waals surface area contributed by atoms with E-state index in [4.69, 9.17) is 14.2 Å². The van der Waals surface area contributed by atoms with Crippen molar-refractivity contribution in [2.75, 3.05) is 27.8 Å². The van der Waals surface area contributed by atoms with E-state index in [0.29, 0.717) is 12.0 Å². The highest BCUT2D eigenvalue weighted by molar-refractivity contribution is 5.65. The molecule has 0 aromatic heterocycles. The van der Waals surface area contributed by atoms with Crippen LogP contribution in [0.4, 0.5) is 0 Å². The van der Waals surface area contributed by atoms with Crippen molar-refractivity contribution in [2.24, 2.45) is 5.92 Å². The molecule has 1 aromatic rings. The minimum absolute atomic E-state index is 0.0121. The number of hydrogen-bond donors (Lipinski definition) is 0. The molecule has 4 aliphatic rings. The topological polar surface area (TPSA) is 30.9 Å². The van der Waals surface area contributed by atoms with Gasteiger partial charge in [0, 0.05) is 18.0 Å². The number of likely N-dealkylation sites (N-methyl/N-ethyl adjacent to an activating group) is 1. The molecular formula is C19H23NO3. The van der Waals surface area contributed by atoms with Crippen LogP contribution in [-0.4, -0.2) is 38.8 Å². The highest BCUT2D eigenvalue weighted by Gasteiger charge is 2.62. The number of methoxy groups -OCH3 is 2. The summed E-state index contributed by atoms with van der Waals surface area (Å²) in [5.41, 5.74) is 2.84. The van der Waals surface area contributed by atoms with Gasteiger partial charge >= 0.3 is 0 Å². The second kappa shape index (κ2) is 4.44. The first-order valence-corrected chi connectivity index (χ1v) is 8.56. The van der Waals surface area contributed by atoms with Crippen LogP contribution in [0.25, 0.3) is 0 Å². The first-order chi connectivity index (χ1) is 11.2. The molecule has 122 valence electrons. The van der Waals surface area contributed by atoms with Crippen molar-refractivity contribution in [2.45, 2.75) is 37.1 Å². The molecule has 0 radical (unpaired) electrons. The Hall–Kier alpha value is -1.68. The summed E-state index contributed by atoms with van der Waals surface area (Å²) in [6.45, 7) is 1.11. The minimum Gasteiger partial charge on any atom is -0.498 e. The first kappa shape index (κ1) is 13.7. The number of benzene rings is 1. The van der Waals surface area contributed by atoms with Gasteiger partial charge in [-0.1, -0.05) is 6.07 Å². The highest BCUT2D eigenvalue weighted by Crippen LogP contribution is 2.65. The van der Waals surface area contributed by atoms with Crippen molar-refractivity contribution in [3.05, 3.63) is 34.8 Å². The Balaban J connectivity index is 1.84. The van der Waals surface area contributed by atoms with Gasteiger partial charge in [-0.3, -0.25) is 0 Å². The number of likely N-dealkylation sites (tertiary alicyclic amines) is 1. The molecule has 1 spiro atoms. The molecule has 2 bridgehead atoms. The average Bonchev–Trinajstić information content (AvgIpc) is 2.92. The second-order valence-electron chi connectivity index (χ2n) is 7.31. The van der Waals surface area contributed by atoms with E-state index in [0.717, 1.165) is 48.8 Å². The number of ether oxygens (including phenoxy) is 3. The number of piperidine rings is 1. The van der Waals surface area contributed by atoms with Crippen molar-refractivity contribution in [3.8, 4) is 11.5 Å². The van der Waals surface area contributed by atoms with Gasteiger partial charge in [-0.05, 0) is 50.4 Å². The van der Waals surface area contributed by atoms with Crippen LogP contribution in [0.3, 0.4) is 0 Å². The Labute approximate surface area is 137 Å². The molecule has 0 N–H and O–H groups in total. The van der Waals surface area contributed by atoms with Crippen LogP contribution in [0.1, 0.15) is 30.4 Å². The zero-order chi connectivity index (χ0) is 15.8. The Morgan fingerprint density at radius 3 is 2.91 bits per heavy atom. The van der Waals surface area contributed by atoms with Crippen molar-refractivity contribution < 1.29 is 14.2 Å². The molecule has 1 saturated heterocycles. The standard InChI is InChI=1S/C19H23NO3/c1-20-9-8-19-12-5-7-15(22-3)18(19)23-17-14(21-2)6-4-11(16(17)19)10-13(12)20/h4,6,12-13H,5,7-10H2,1-3H3/t12?,13?,19-/m1/s1. The third-order valence-corrected chi connectivity index (χ3v) is 6.62. The van der Waals surface area contributed by atoms with Gasteiger partial charge < -0.3 is 19.1 Å². The zero-order valence-electron chi connectivity index (χ0n) is 14.0. The molecule has 23 heavy (non-hydrogen) atoms. The van der Waals surface area contributed by atoms with E-state index in [-0.39, 0.29) is 5.41 Å². The molecule has 1 aromatic carbocycles. The Kier molecular flexibility index (Phi) is 2.65. The lowest BCUT2D eigenvalue weighted by Gasteiger charge is -2.55. The highest BCUT2D eigenvalue weighted by atomic mass is 16.5. The van der Waals surface area contributed by atoms with Crippen molar-refractivity contribution in [1.29, 1.82) is 0 Å². The summed E-state index contributed by atoms with van der Waals surface area (Å²) in [6, 6.07) is 4.91. The molecule has 4 heteroatoms. The van der Waals surface area contributed by atoms with Crippen LogP contribution in [0.5, 0.6) is 11.5 Å².